The van der Waals surface area contributed by atoms with E-state index in [-0.39, 0.29) is 29.2 Å². The van der Waals surface area contributed by atoms with Crippen LogP contribution in [0.5, 0.6) is 0 Å². The summed E-state index contributed by atoms with van der Waals surface area (Å²) in [4.78, 5) is 38.3. The van der Waals surface area contributed by atoms with Crippen molar-refractivity contribution in [2.24, 2.45) is 0 Å². The summed E-state index contributed by atoms with van der Waals surface area (Å²) in [5, 5.41) is 11.0. The second kappa shape index (κ2) is 7.50. The number of carbonyl (C=O) groups excluding carboxylic acids is 2. The number of amides is 2. The zero-order valence-corrected chi connectivity index (χ0v) is 16.3. The van der Waals surface area contributed by atoms with Gasteiger partial charge >= 0.3 is 0 Å². The van der Waals surface area contributed by atoms with Crippen LogP contribution in [-0.2, 0) is 0 Å². The third-order valence-corrected chi connectivity index (χ3v) is 4.87. The second-order valence-corrected chi connectivity index (χ2v) is 7.49. The van der Waals surface area contributed by atoms with E-state index in [0.29, 0.717) is 22.0 Å². The van der Waals surface area contributed by atoms with Gasteiger partial charge in [0.2, 0.25) is 0 Å². The smallest absolute Gasteiger partial charge is 0.276 e. The molecular weight excluding hydrogens is 368 g/mol. The molecule has 148 valence electrons. The Hall–Kier alpha value is -3.48. The number of nitrogens with one attached hydrogen (secondary N) is 2. The molecule has 0 unspecified atom stereocenters. The number of anilines is 1. The van der Waals surface area contributed by atoms with E-state index in [0.717, 1.165) is 12.8 Å². The van der Waals surface area contributed by atoms with Crippen molar-refractivity contribution in [2.45, 2.75) is 38.8 Å². The van der Waals surface area contributed by atoms with Crippen molar-refractivity contribution in [3.63, 3.8) is 0 Å². The number of fused-ring (bicyclic) bond motifs is 1. The van der Waals surface area contributed by atoms with Crippen LogP contribution in [0.25, 0.3) is 10.8 Å². The molecule has 1 saturated carbocycles. The first-order chi connectivity index (χ1) is 14.0. The van der Waals surface area contributed by atoms with E-state index in [9.17, 15) is 14.4 Å². The first kappa shape index (κ1) is 18.9. The fourth-order valence-corrected chi connectivity index (χ4v) is 3.19. The van der Waals surface area contributed by atoms with E-state index in [2.05, 4.69) is 15.7 Å². The molecule has 4 rings (SSSR count). The summed E-state index contributed by atoms with van der Waals surface area (Å²) in [5.41, 5.74) is 0.709. The van der Waals surface area contributed by atoms with Crippen molar-refractivity contribution in [1.82, 2.24) is 15.1 Å². The lowest BCUT2D eigenvalue weighted by Gasteiger charge is -2.14. The monoisotopic (exact) mass is 390 g/mol. The molecule has 7 heteroatoms. The summed E-state index contributed by atoms with van der Waals surface area (Å²) in [6.07, 6.45) is 1.96. The van der Waals surface area contributed by atoms with Crippen LogP contribution in [-0.4, -0.2) is 27.6 Å². The maximum atomic E-state index is 13.1. The third-order valence-electron chi connectivity index (χ3n) is 4.87. The minimum absolute atomic E-state index is 0.145. The normalized spacial score (nSPS) is 13.5. The van der Waals surface area contributed by atoms with E-state index < -0.39 is 5.91 Å². The van der Waals surface area contributed by atoms with Gasteiger partial charge in [0.1, 0.15) is 0 Å². The van der Waals surface area contributed by atoms with Crippen molar-refractivity contribution in [2.75, 3.05) is 5.32 Å². The highest BCUT2D eigenvalue weighted by Gasteiger charge is 2.25. The molecule has 1 aromatic heterocycles. The SMILES string of the molecule is CC(C)n1nc(C(=O)Nc2ccccc2C(=O)NC2CC2)c2ccccc2c1=O. The molecule has 0 aliphatic heterocycles. The summed E-state index contributed by atoms with van der Waals surface area (Å²) in [5.74, 6) is -0.685. The number of hydrogen-bond donors (Lipinski definition) is 2. The molecule has 1 aliphatic rings. The van der Waals surface area contributed by atoms with Gasteiger partial charge in [-0.15, -0.1) is 0 Å². The highest BCUT2D eigenvalue weighted by atomic mass is 16.2. The first-order valence-corrected chi connectivity index (χ1v) is 9.68. The predicted octanol–water partition coefficient (Wildman–Crippen LogP) is 3.12. The third kappa shape index (κ3) is 3.76. The fraction of sp³-hybridized carbons (Fsp3) is 0.273. The molecule has 1 fully saturated rings. The molecule has 7 nitrogen and oxygen atoms in total. The molecule has 0 atom stereocenters. The first-order valence-electron chi connectivity index (χ1n) is 9.68. The van der Waals surface area contributed by atoms with E-state index in [1.54, 1.807) is 48.5 Å². The zero-order chi connectivity index (χ0) is 20.5. The van der Waals surface area contributed by atoms with Gasteiger partial charge in [-0.1, -0.05) is 30.3 Å². The van der Waals surface area contributed by atoms with Gasteiger partial charge in [-0.3, -0.25) is 14.4 Å². The molecule has 0 bridgehead atoms. The van der Waals surface area contributed by atoms with Crippen LogP contribution < -0.4 is 16.2 Å². The van der Waals surface area contributed by atoms with Gasteiger partial charge in [0.05, 0.1) is 22.7 Å². The zero-order valence-electron chi connectivity index (χ0n) is 16.3. The van der Waals surface area contributed by atoms with Crippen LogP contribution in [0, 0.1) is 0 Å². The average molecular weight is 390 g/mol. The lowest BCUT2D eigenvalue weighted by molar-refractivity contribution is 0.0952. The standard InChI is InChI=1S/C22H22N4O3/c1-13(2)26-22(29)16-8-4-3-7-15(16)19(25-26)21(28)24-18-10-6-5-9-17(18)20(27)23-14-11-12-14/h3-10,13-14H,11-12H2,1-2H3,(H,23,27)(H,24,28). The summed E-state index contributed by atoms with van der Waals surface area (Å²) in [7, 11) is 0. The molecule has 3 aromatic rings. The molecule has 29 heavy (non-hydrogen) atoms. The molecule has 0 saturated heterocycles. The predicted molar refractivity (Wildman–Crippen MR) is 111 cm³/mol. The second-order valence-electron chi connectivity index (χ2n) is 7.49. The van der Waals surface area contributed by atoms with Crippen molar-refractivity contribution in [3.8, 4) is 0 Å². The number of benzene rings is 2. The topological polar surface area (TPSA) is 93.1 Å². The molecule has 2 aromatic carbocycles. The van der Waals surface area contributed by atoms with E-state index in [1.165, 1.54) is 4.68 Å². The molecular formula is C22H22N4O3. The molecule has 2 amide bonds. The van der Waals surface area contributed by atoms with Crippen molar-refractivity contribution >= 4 is 28.3 Å². The molecule has 1 heterocycles. The quantitative estimate of drug-likeness (QED) is 0.700. The maximum Gasteiger partial charge on any atom is 0.276 e. The Bertz CT molecular complexity index is 1160. The van der Waals surface area contributed by atoms with Crippen LogP contribution in [0.3, 0.4) is 0 Å². The van der Waals surface area contributed by atoms with Gasteiger partial charge in [0, 0.05) is 11.4 Å². The summed E-state index contributed by atoms with van der Waals surface area (Å²) >= 11 is 0. The van der Waals surface area contributed by atoms with Gasteiger partial charge in [-0.25, -0.2) is 4.68 Å². The Morgan fingerprint density at radius 3 is 2.34 bits per heavy atom. The van der Waals surface area contributed by atoms with Gasteiger partial charge < -0.3 is 10.6 Å². The van der Waals surface area contributed by atoms with Crippen LogP contribution in [0.2, 0.25) is 0 Å². The molecule has 2 N–H and O–H groups in total. The lowest BCUT2D eigenvalue weighted by atomic mass is 10.1. The van der Waals surface area contributed by atoms with Crippen molar-refractivity contribution in [1.29, 1.82) is 0 Å². The summed E-state index contributed by atoms with van der Waals surface area (Å²) in [6, 6.07) is 13.8. The Morgan fingerprint density at radius 1 is 1.00 bits per heavy atom. The van der Waals surface area contributed by atoms with E-state index in [1.807, 2.05) is 13.8 Å². The Kier molecular flexibility index (Phi) is 4.88. The highest BCUT2D eigenvalue weighted by Crippen LogP contribution is 2.22. The summed E-state index contributed by atoms with van der Waals surface area (Å²) < 4.78 is 1.31. The van der Waals surface area contributed by atoms with Crippen LogP contribution in [0.1, 0.15) is 53.6 Å². The number of rotatable bonds is 5. The fourth-order valence-electron chi connectivity index (χ4n) is 3.19. The Balaban J connectivity index is 1.73. The number of aromatic nitrogens is 2. The van der Waals surface area contributed by atoms with E-state index in [4.69, 9.17) is 0 Å². The Labute approximate surface area is 167 Å². The number of hydrogen-bond acceptors (Lipinski definition) is 4. The van der Waals surface area contributed by atoms with Gasteiger partial charge in [0.15, 0.2) is 5.69 Å². The van der Waals surface area contributed by atoms with Crippen molar-refractivity contribution in [3.05, 3.63) is 70.1 Å². The van der Waals surface area contributed by atoms with Gasteiger partial charge in [-0.2, -0.15) is 5.10 Å². The maximum absolute atomic E-state index is 13.1. The van der Waals surface area contributed by atoms with Crippen molar-refractivity contribution < 1.29 is 9.59 Å². The number of para-hydroxylation sites is 1. The van der Waals surface area contributed by atoms with E-state index >= 15 is 0 Å². The van der Waals surface area contributed by atoms with Crippen LogP contribution in [0.4, 0.5) is 5.69 Å². The summed E-state index contributed by atoms with van der Waals surface area (Å²) in [6.45, 7) is 3.67. The molecule has 0 radical (unpaired) electrons. The molecule has 1 aliphatic carbocycles. The average Bonchev–Trinajstić information content (AvgIpc) is 3.52. The Morgan fingerprint density at radius 2 is 1.66 bits per heavy atom. The van der Waals surface area contributed by atoms with Gasteiger partial charge in [-0.05, 0) is 44.9 Å². The molecule has 0 spiro atoms. The number of nitrogens with zero attached hydrogens (tertiary/aromatic N) is 2. The van der Waals surface area contributed by atoms with Crippen LogP contribution in [0.15, 0.2) is 53.3 Å². The highest BCUT2D eigenvalue weighted by molar-refractivity contribution is 6.13. The largest absolute Gasteiger partial charge is 0.349 e. The minimum Gasteiger partial charge on any atom is -0.349 e. The van der Waals surface area contributed by atoms with Crippen LogP contribution >= 0.6 is 0 Å². The number of carbonyl (C=O) groups is 2. The van der Waals surface area contributed by atoms with Gasteiger partial charge in [0.25, 0.3) is 17.4 Å². The lowest BCUT2D eigenvalue weighted by Crippen LogP contribution is -2.30. The minimum atomic E-state index is -0.470.